The highest BCUT2D eigenvalue weighted by molar-refractivity contribution is 7.12. The van der Waals surface area contributed by atoms with Crippen molar-refractivity contribution in [2.75, 3.05) is 32.6 Å². The number of nitrogens with one attached hydrogen (secondary N) is 3. The Kier molecular flexibility index (Phi) is 12.7. The minimum Gasteiger partial charge on any atom is -0.506 e. The largest absolute Gasteiger partial charge is 0.506 e. The van der Waals surface area contributed by atoms with Crippen LogP contribution in [0.2, 0.25) is 5.02 Å². The zero-order valence-electron chi connectivity index (χ0n) is 30.8. The maximum absolute atomic E-state index is 13.6. The SMILES string of the molecule is COc1cc(NC(=O)CCN(C)C2CCC(C)(OC(=O)C(O)(c3cccs3)c3cccs3)CC2)c(Cl)cc1CNC[C@@H](O)c1ccc(O)c2[nH]c(=O)ccc12. The lowest BCUT2D eigenvalue weighted by Gasteiger charge is -2.41. The molecule has 3 aromatic heterocycles. The van der Waals surface area contributed by atoms with E-state index >= 15 is 0 Å². The number of benzene rings is 2. The number of ether oxygens (including phenoxy) is 2. The molecule has 3 heterocycles. The Balaban J connectivity index is 0.980. The van der Waals surface area contributed by atoms with Crippen LogP contribution in [0.1, 0.15) is 66.0 Å². The number of rotatable bonds is 15. The van der Waals surface area contributed by atoms with E-state index in [9.17, 15) is 29.7 Å². The lowest BCUT2D eigenvalue weighted by atomic mass is 9.82. The van der Waals surface area contributed by atoms with Gasteiger partial charge in [0.2, 0.25) is 17.1 Å². The molecule has 12 nitrogen and oxygen atoms in total. The number of nitrogens with zero attached hydrogens (tertiary/aromatic N) is 1. The number of aromatic nitrogens is 1. The summed E-state index contributed by atoms with van der Waals surface area (Å²) in [4.78, 5) is 44.2. The summed E-state index contributed by atoms with van der Waals surface area (Å²) in [6, 6.07) is 16.6. The first-order valence-corrected chi connectivity index (χ1v) is 20.1. The molecule has 1 aliphatic carbocycles. The van der Waals surface area contributed by atoms with Crippen molar-refractivity contribution in [3.05, 3.63) is 108 Å². The van der Waals surface area contributed by atoms with Crippen molar-refractivity contribution < 1.29 is 34.4 Å². The molecule has 1 atom stereocenters. The van der Waals surface area contributed by atoms with Gasteiger partial charge in [-0.1, -0.05) is 29.8 Å². The van der Waals surface area contributed by atoms with Crippen molar-refractivity contribution in [1.29, 1.82) is 0 Å². The molecule has 6 N–H and O–H groups in total. The van der Waals surface area contributed by atoms with E-state index in [0.29, 0.717) is 63.1 Å². The summed E-state index contributed by atoms with van der Waals surface area (Å²) in [6.07, 6.45) is 2.06. The van der Waals surface area contributed by atoms with Gasteiger partial charge in [0.25, 0.3) is 0 Å². The summed E-state index contributed by atoms with van der Waals surface area (Å²) in [5.41, 5.74) is -0.997. The lowest BCUT2D eigenvalue weighted by Crippen LogP contribution is -2.47. The zero-order valence-corrected chi connectivity index (χ0v) is 33.2. The number of methoxy groups -OCH3 is 1. The number of H-pyrrole nitrogens is 1. The predicted molar refractivity (Wildman–Crippen MR) is 215 cm³/mol. The van der Waals surface area contributed by atoms with Crippen molar-refractivity contribution in [2.45, 2.75) is 68.9 Å². The fourth-order valence-electron chi connectivity index (χ4n) is 7.04. The molecule has 0 unspecified atom stereocenters. The highest BCUT2D eigenvalue weighted by Crippen LogP contribution is 2.41. The topological polar surface area (TPSA) is 173 Å². The van der Waals surface area contributed by atoms with Crippen LogP contribution in [0.4, 0.5) is 5.69 Å². The molecule has 0 saturated heterocycles. The molecule has 1 saturated carbocycles. The molecule has 1 aliphatic rings. The molecular weight excluding hydrogens is 764 g/mol. The smallest absolute Gasteiger partial charge is 0.349 e. The average Bonchev–Trinajstić information content (AvgIpc) is 3.92. The number of anilines is 1. The summed E-state index contributed by atoms with van der Waals surface area (Å²) in [5, 5.41) is 43.4. The summed E-state index contributed by atoms with van der Waals surface area (Å²) in [6.45, 7) is 2.89. The molecule has 1 amide bonds. The van der Waals surface area contributed by atoms with Crippen molar-refractivity contribution >= 4 is 62.7 Å². The van der Waals surface area contributed by atoms with Crippen LogP contribution in [0.5, 0.6) is 11.5 Å². The lowest BCUT2D eigenvalue weighted by molar-refractivity contribution is -0.180. The van der Waals surface area contributed by atoms with Gasteiger partial charge in [-0.2, -0.15) is 0 Å². The van der Waals surface area contributed by atoms with E-state index in [2.05, 4.69) is 20.5 Å². The number of esters is 1. The van der Waals surface area contributed by atoms with E-state index in [1.807, 2.05) is 24.7 Å². The fraction of sp³-hybridized carbons (Fsp3) is 0.375. The first-order chi connectivity index (χ1) is 26.3. The van der Waals surface area contributed by atoms with Gasteiger partial charge in [-0.3, -0.25) is 9.59 Å². The minimum atomic E-state index is -1.85. The van der Waals surface area contributed by atoms with Gasteiger partial charge in [0.15, 0.2) is 0 Å². The molecular formula is C40H45ClN4O8S2. The molecule has 0 radical (unpaired) electrons. The van der Waals surface area contributed by atoms with E-state index in [1.165, 1.54) is 41.9 Å². The number of amides is 1. The Morgan fingerprint density at radius 3 is 2.42 bits per heavy atom. The number of aromatic hydroxyl groups is 1. The quantitative estimate of drug-likeness (QED) is 0.0661. The number of phenolic OH excluding ortho intramolecular Hbond substituents is 1. The monoisotopic (exact) mass is 808 g/mol. The van der Waals surface area contributed by atoms with Gasteiger partial charge in [0.1, 0.15) is 17.1 Å². The molecule has 6 rings (SSSR count). The molecule has 0 bridgehead atoms. The number of fused-ring (bicyclic) bond motifs is 1. The van der Waals surface area contributed by atoms with Gasteiger partial charge in [0, 0.05) is 55.2 Å². The van der Waals surface area contributed by atoms with Crippen LogP contribution in [0.25, 0.3) is 10.9 Å². The summed E-state index contributed by atoms with van der Waals surface area (Å²) in [5.74, 6) is -0.452. The van der Waals surface area contributed by atoms with Gasteiger partial charge in [-0.05, 0) is 86.3 Å². The van der Waals surface area contributed by atoms with Crippen LogP contribution in [0.15, 0.2) is 76.2 Å². The molecule has 292 valence electrons. The van der Waals surface area contributed by atoms with Crippen molar-refractivity contribution in [3.8, 4) is 11.5 Å². The molecule has 0 aliphatic heterocycles. The summed E-state index contributed by atoms with van der Waals surface area (Å²) < 4.78 is 11.7. The Labute approximate surface area is 331 Å². The van der Waals surface area contributed by atoms with E-state index in [1.54, 1.807) is 48.5 Å². The minimum absolute atomic E-state index is 0.0834. The van der Waals surface area contributed by atoms with Crippen molar-refractivity contribution in [3.63, 3.8) is 0 Å². The van der Waals surface area contributed by atoms with E-state index in [4.69, 9.17) is 21.1 Å². The number of thiophene rings is 2. The van der Waals surface area contributed by atoms with Crippen molar-refractivity contribution in [1.82, 2.24) is 15.2 Å². The molecule has 0 spiro atoms. The fourth-order valence-corrected chi connectivity index (χ4v) is 8.99. The third-order valence-electron chi connectivity index (χ3n) is 10.3. The van der Waals surface area contributed by atoms with Crippen molar-refractivity contribution in [2.24, 2.45) is 0 Å². The second kappa shape index (κ2) is 17.2. The number of aliphatic hydroxyl groups excluding tert-OH is 1. The number of hydrogen-bond donors (Lipinski definition) is 6. The van der Waals surface area contributed by atoms with Crippen LogP contribution in [-0.4, -0.2) is 76.0 Å². The highest BCUT2D eigenvalue weighted by atomic mass is 35.5. The maximum atomic E-state index is 13.6. The zero-order chi connectivity index (χ0) is 39.3. The Morgan fingerprint density at radius 1 is 1.09 bits per heavy atom. The first kappa shape index (κ1) is 40.4. The number of carbonyl (C=O) groups is 2. The Morgan fingerprint density at radius 2 is 1.78 bits per heavy atom. The van der Waals surface area contributed by atoms with E-state index in [-0.39, 0.29) is 41.7 Å². The molecule has 2 aromatic carbocycles. The van der Waals surface area contributed by atoms with Crippen LogP contribution < -0.4 is 20.9 Å². The highest BCUT2D eigenvalue weighted by Gasteiger charge is 2.47. The van der Waals surface area contributed by atoms with Crippen LogP contribution in [0, 0.1) is 0 Å². The number of aliphatic hydroxyl groups is 2. The van der Waals surface area contributed by atoms with Gasteiger partial charge < -0.3 is 45.3 Å². The summed E-state index contributed by atoms with van der Waals surface area (Å²) >= 11 is 9.24. The van der Waals surface area contributed by atoms with Crippen LogP contribution >= 0.6 is 34.3 Å². The number of phenols is 1. The molecule has 55 heavy (non-hydrogen) atoms. The van der Waals surface area contributed by atoms with Gasteiger partial charge >= 0.3 is 5.97 Å². The van der Waals surface area contributed by atoms with Crippen LogP contribution in [-0.2, 0) is 26.5 Å². The normalized spacial score (nSPS) is 18.0. The van der Waals surface area contributed by atoms with Gasteiger partial charge in [-0.25, -0.2) is 4.79 Å². The standard InChI is InChI=1S/C40H45ClN4O8S2/c1-39(53-38(50)40(51,33-6-4-18-54-33)34-7-5-19-55-34)15-12-25(13-16-39)45(2)17-14-36(49)43-29-21-32(52-3)24(20-28(29)41)22-42-23-31(47)26-8-10-30(46)37-27(26)9-11-35(48)44-37/h4-11,18-21,25,31,42,46-47,51H,12-17,22-23H2,1-3H3,(H,43,49)(H,44,48)/t25?,31-,39?/m1/s1. The Hall–Kier alpha value is -4.28. The van der Waals surface area contributed by atoms with Gasteiger partial charge in [-0.15, -0.1) is 22.7 Å². The van der Waals surface area contributed by atoms with Gasteiger partial charge in [0.05, 0.1) is 39.2 Å². The summed E-state index contributed by atoms with van der Waals surface area (Å²) in [7, 11) is 3.51. The predicted octanol–water partition coefficient (Wildman–Crippen LogP) is 6.28. The second-order valence-corrected chi connectivity index (χ2v) is 16.4. The molecule has 15 heteroatoms. The number of halogens is 1. The number of carbonyl (C=O) groups excluding carboxylic acids is 2. The number of aromatic amines is 1. The molecule has 1 fully saturated rings. The number of hydrogen-bond acceptors (Lipinski definition) is 12. The average molecular weight is 809 g/mol. The van der Waals surface area contributed by atoms with Crippen LogP contribution in [0.3, 0.4) is 0 Å². The maximum Gasteiger partial charge on any atom is 0.349 e. The third kappa shape index (κ3) is 9.07. The van der Waals surface area contributed by atoms with E-state index < -0.39 is 23.3 Å². The second-order valence-electron chi connectivity index (χ2n) is 14.1. The Bertz CT molecular complexity index is 2130. The first-order valence-electron chi connectivity index (χ1n) is 18.0. The molecule has 5 aromatic rings. The van der Waals surface area contributed by atoms with E-state index in [0.717, 1.165) is 18.4 Å². The third-order valence-corrected chi connectivity index (χ3v) is 12.6. The number of pyridine rings is 1.